The molecule has 1 heterocycles. The normalized spacial score (nSPS) is 12.7. The van der Waals surface area contributed by atoms with Crippen molar-refractivity contribution >= 4 is 46.1 Å². The van der Waals surface area contributed by atoms with Crippen LogP contribution in [0.2, 0.25) is 13.7 Å². The molecule has 1 atom stereocenters. The van der Waals surface area contributed by atoms with Crippen molar-refractivity contribution in [1.82, 2.24) is 0 Å². The van der Waals surface area contributed by atoms with Crippen LogP contribution in [0.4, 0.5) is 0 Å². The zero-order valence-corrected chi connectivity index (χ0v) is 11.7. The summed E-state index contributed by atoms with van der Waals surface area (Å²) in [6, 6.07) is 9.06. The van der Waals surface area contributed by atoms with Crippen molar-refractivity contribution in [2.45, 2.75) is 12.5 Å². The fraction of sp³-hybridized carbons (Fsp3) is 0.167. The van der Waals surface area contributed by atoms with Crippen LogP contribution < -0.4 is 0 Å². The maximum absolute atomic E-state index is 10.1. The second kappa shape index (κ2) is 5.59. The number of hydrogen-bond donors (Lipinski definition) is 1. The van der Waals surface area contributed by atoms with Gasteiger partial charge in [-0.25, -0.2) is 0 Å². The van der Waals surface area contributed by atoms with Gasteiger partial charge in [-0.05, 0) is 23.8 Å². The summed E-state index contributed by atoms with van der Waals surface area (Å²) in [4.78, 5) is 0. The van der Waals surface area contributed by atoms with Crippen molar-refractivity contribution in [3.63, 3.8) is 0 Å². The summed E-state index contributed by atoms with van der Waals surface area (Å²) in [5.74, 6) is 0. The van der Waals surface area contributed by atoms with Gasteiger partial charge in [0.15, 0.2) is 0 Å². The number of thiophene rings is 1. The van der Waals surface area contributed by atoms with E-state index in [9.17, 15) is 5.11 Å². The fourth-order valence-electron chi connectivity index (χ4n) is 1.53. The zero-order chi connectivity index (χ0) is 12.4. The van der Waals surface area contributed by atoms with Gasteiger partial charge in [-0.3, -0.25) is 0 Å². The standard InChI is InChI=1S/C12H9Cl3OS/c13-8-3-1-7(2-4-8)5-10(16)9-6-11(14)17-12(9)15/h1-4,6,10,16H,5H2. The predicted octanol–water partition coefficient (Wildman–Crippen LogP) is 4.98. The van der Waals surface area contributed by atoms with Crippen LogP contribution in [0, 0.1) is 0 Å². The lowest BCUT2D eigenvalue weighted by Gasteiger charge is -2.09. The third-order valence-electron chi connectivity index (χ3n) is 2.38. The van der Waals surface area contributed by atoms with Gasteiger partial charge in [-0.2, -0.15) is 0 Å². The number of aliphatic hydroxyl groups is 1. The minimum absolute atomic E-state index is 0.490. The average Bonchev–Trinajstić information content (AvgIpc) is 2.61. The lowest BCUT2D eigenvalue weighted by atomic mass is 10.0. The van der Waals surface area contributed by atoms with Crippen molar-refractivity contribution in [1.29, 1.82) is 0 Å². The molecule has 0 radical (unpaired) electrons. The van der Waals surface area contributed by atoms with Gasteiger partial charge in [0.2, 0.25) is 0 Å². The van der Waals surface area contributed by atoms with E-state index in [1.54, 1.807) is 18.2 Å². The number of benzene rings is 1. The number of aliphatic hydroxyl groups excluding tert-OH is 1. The summed E-state index contributed by atoms with van der Waals surface area (Å²) in [5, 5.41) is 10.7. The van der Waals surface area contributed by atoms with Crippen LogP contribution in [0.5, 0.6) is 0 Å². The molecule has 90 valence electrons. The number of hydrogen-bond acceptors (Lipinski definition) is 2. The molecule has 2 rings (SSSR count). The van der Waals surface area contributed by atoms with Crippen molar-refractivity contribution < 1.29 is 5.11 Å². The first kappa shape index (κ1) is 13.2. The highest BCUT2D eigenvalue weighted by molar-refractivity contribution is 7.20. The van der Waals surface area contributed by atoms with Gasteiger partial charge in [-0.15, -0.1) is 11.3 Å². The van der Waals surface area contributed by atoms with E-state index in [2.05, 4.69) is 0 Å². The molecule has 1 nitrogen and oxygen atoms in total. The van der Waals surface area contributed by atoms with Gasteiger partial charge in [0, 0.05) is 17.0 Å². The van der Waals surface area contributed by atoms with Crippen LogP contribution in [0.1, 0.15) is 17.2 Å². The first-order chi connectivity index (χ1) is 8.06. The molecule has 0 aliphatic rings. The van der Waals surface area contributed by atoms with Gasteiger partial charge in [-0.1, -0.05) is 46.9 Å². The maximum atomic E-state index is 10.1. The Labute approximate surface area is 119 Å². The smallest absolute Gasteiger partial charge is 0.100 e. The highest BCUT2D eigenvalue weighted by Gasteiger charge is 2.15. The largest absolute Gasteiger partial charge is 0.388 e. The molecule has 2 aromatic rings. The van der Waals surface area contributed by atoms with E-state index >= 15 is 0 Å². The fourth-order valence-corrected chi connectivity index (χ4v) is 3.23. The highest BCUT2D eigenvalue weighted by Crippen LogP contribution is 2.36. The topological polar surface area (TPSA) is 20.2 Å². The van der Waals surface area contributed by atoms with E-state index in [-0.39, 0.29) is 0 Å². The molecule has 0 saturated heterocycles. The second-order valence-electron chi connectivity index (χ2n) is 3.63. The van der Waals surface area contributed by atoms with E-state index in [0.717, 1.165) is 5.56 Å². The number of halogens is 3. The Morgan fingerprint density at radius 2 is 1.76 bits per heavy atom. The van der Waals surface area contributed by atoms with Gasteiger partial charge in [0.1, 0.15) is 4.34 Å². The van der Waals surface area contributed by atoms with E-state index in [1.807, 2.05) is 12.1 Å². The zero-order valence-electron chi connectivity index (χ0n) is 8.66. The quantitative estimate of drug-likeness (QED) is 0.847. The van der Waals surface area contributed by atoms with E-state index < -0.39 is 6.10 Å². The lowest BCUT2D eigenvalue weighted by Crippen LogP contribution is -2.00. The SMILES string of the molecule is OC(Cc1ccc(Cl)cc1)c1cc(Cl)sc1Cl. The van der Waals surface area contributed by atoms with Crippen LogP contribution in [-0.2, 0) is 6.42 Å². The first-order valence-corrected chi connectivity index (χ1v) is 6.88. The molecule has 0 saturated carbocycles. The Morgan fingerprint density at radius 1 is 1.12 bits per heavy atom. The second-order valence-corrected chi connectivity index (χ2v) is 6.35. The Bertz CT molecular complexity index is 507. The molecule has 0 aliphatic carbocycles. The molecule has 1 N–H and O–H groups in total. The van der Waals surface area contributed by atoms with Crippen molar-refractivity contribution in [3.8, 4) is 0 Å². The van der Waals surface area contributed by atoms with Crippen LogP contribution >= 0.6 is 46.1 Å². The summed E-state index contributed by atoms with van der Waals surface area (Å²) < 4.78 is 1.12. The third kappa shape index (κ3) is 3.36. The minimum Gasteiger partial charge on any atom is -0.388 e. The first-order valence-electron chi connectivity index (χ1n) is 4.93. The number of rotatable bonds is 3. The Kier molecular flexibility index (Phi) is 4.34. The van der Waals surface area contributed by atoms with Crippen LogP contribution in [0.25, 0.3) is 0 Å². The minimum atomic E-state index is -0.646. The Hall–Kier alpha value is -0.250. The van der Waals surface area contributed by atoms with E-state index in [4.69, 9.17) is 34.8 Å². The third-order valence-corrected chi connectivity index (χ3v) is 4.15. The maximum Gasteiger partial charge on any atom is 0.100 e. The summed E-state index contributed by atoms with van der Waals surface area (Å²) >= 11 is 18.9. The molecule has 0 bridgehead atoms. The highest BCUT2D eigenvalue weighted by atomic mass is 35.5. The summed E-state index contributed by atoms with van der Waals surface area (Å²) in [7, 11) is 0. The lowest BCUT2D eigenvalue weighted by molar-refractivity contribution is 0.179. The van der Waals surface area contributed by atoms with Crippen LogP contribution in [0.15, 0.2) is 30.3 Å². The molecule has 1 aromatic carbocycles. The molecule has 0 spiro atoms. The Balaban J connectivity index is 2.14. The summed E-state index contributed by atoms with van der Waals surface area (Å²) in [6.45, 7) is 0. The predicted molar refractivity (Wildman–Crippen MR) is 74.5 cm³/mol. The summed E-state index contributed by atoms with van der Waals surface area (Å²) in [6.07, 6.45) is -0.156. The molecular formula is C12H9Cl3OS. The molecule has 0 aliphatic heterocycles. The molecular weight excluding hydrogens is 299 g/mol. The molecule has 5 heteroatoms. The van der Waals surface area contributed by atoms with E-state index in [0.29, 0.717) is 25.7 Å². The molecule has 1 unspecified atom stereocenters. The van der Waals surface area contributed by atoms with Crippen molar-refractivity contribution in [3.05, 3.63) is 55.2 Å². The van der Waals surface area contributed by atoms with Gasteiger partial charge in [0.25, 0.3) is 0 Å². The molecule has 1 aromatic heterocycles. The Morgan fingerprint density at radius 3 is 2.29 bits per heavy atom. The van der Waals surface area contributed by atoms with Crippen molar-refractivity contribution in [2.75, 3.05) is 0 Å². The van der Waals surface area contributed by atoms with Gasteiger partial charge in [0.05, 0.1) is 10.4 Å². The van der Waals surface area contributed by atoms with E-state index in [1.165, 1.54) is 11.3 Å². The monoisotopic (exact) mass is 306 g/mol. The average molecular weight is 308 g/mol. The summed E-state index contributed by atoms with van der Waals surface area (Å²) in [5.41, 5.74) is 1.68. The van der Waals surface area contributed by atoms with Gasteiger partial charge >= 0.3 is 0 Å². The molecule has 17 heavy (non-hydrogen) atoms. The van der Waals surface area contributed by atoms with Crippen molar-refractivity contribution in [2.24, 2.45) is 0 Å². The molecule has 0 fully saturated rings. The van der Waals surface area contributed by atoms with Gasteiger partial charge < -0.3 is 5.11 Å². The molecule has 0 amide bonds. The van der Waals surface area contributed by atoms with Crippen LogP contribution in [0.3, 0.4) is 0 Å². The van der Waals surface area contributed by atoms with Crippen LogP contribution in [-0.4, -0.2) is 5.11 Å².